The summed E-state index contributed by atoms with van der Waals surface area (Å²) in [6.45, 7) is 1.34. The van der Waals surface area contributed by atoms with Crippen LogP contribution in [0.25, 0.3) is 0 Å². The number of methoxy groups -OCH3 is 2. The molecule has 1 aliphatic rings. The van der Waals surface area contributed by atoms with Gasteiger partial charge in [0.2, 0.25) is 10.0 Å². The van der Waals surface area contributed by atoms with Gasteiger partial charge in [0, 0.05) is 33.0 Å². The largest absolute Gasteiger partial charge is 0.385 e. The first kappa shape index (κ1) is 21.7. The molecule has 3 unspecified atom stereocenters. The van der Waals surface area contributed by atoms with Gasteiger partial charge in [-0.15, -0.1) is 11.3 Å². The fraction of sp³-hybridized carbons (Fsp3) is 0.714. The van der Waals surface area contributed by atoms with Crippen molar-refractivity contribution in [1.82, 2.24) is 0 Å². The first-order chi connectivity index (χ1) is 12.1. The summed E-state index contributed by atoms with van der Waals surface area (Å²) in [7, 11) is -4.89. The Hall–Kier alpha value is -0.600. The van der Waals surface area contributed by atoms with Gasteiger partial charge in [0.1, 0.15) is 8.42 Å². The molecule has 0 aromatic carbocycles. The molecule has 2 N–H and O–H groups in total. The zero-order valence-corrected chi connectivity index (χ0v) is 17.2. The first-order valence-corrected chi connectivity index (χ1v) is 11.7. The second-order valence-corrected chi connectivity index (χ2v) is 10.9. The third-order valence-electron chi connectivity index (χ3n) is 3.92. The SMILES string of the molecule is CCOC(OC)OC1CC(CCOC)S(=O)(=O)c2sc(S(N)(=O)=O)cc21. The number of fused-ring (bicyclic) bond motifs is 1. The molecule has 0 spiro atoms. The molecule has 26 heavy (non-hydrogen) atoms. The first-order valence-electron chi connectivity index (χ1n) is 7.84. The fourth-order valence-electron chi connectivity index (χ4n) is 2.68. The summed E-state index contributed by atoms with van der Waals surface area (Å²) >= 11 is 0.635. The van der Waals surface area contributed by atoms with E-state index in [0.29, 0.717) is 17.9 Å². The Balaban J connectivity index is 2.47. The molecule has 0 fully saturated rings. The minimum absolute atomic E-state index is 0.0507. The van der Waals surface area contributed by atoms with E-state index in [0.717, 1.165) is 0 Å². The maximum atomic E-state index is 12.9. The summed E-state index contributed by atoms with van der Waals surface area (Å²) < 4.78 is 70.0. The van der Waals surface area contributed by atoms with Crippen LogP contribution in [0.1, 0.15) is 31.4 Å². The minimum Gasteiger partial charge on any atom is -0.385 e. The molecule has 12 heteroatoms. The molecule has 0 aliphatic carbocycles. The Morgan fingerprint density at radius 2 is 2.08 bits per heavy atom. The lowest BCUT2D eigenvalue weighted by molar-refractivity contribution is -0.295. The summed E-state index contributed by atoms with van der Waals surface area (Å²) in [6.07, 6.45) is -0.321. The van der Waals surface area contributed by atoms with E-state index in [4.69, 9.17) is 24.1 Å². The third kappa shape index (κ3) is 4.62. The molecule has 150 valence electrons. The molecular weight excluding hydrogens is 406 g/mol. The van der Waals surface area contributed by atoms with Crippen LogP contribution >= 0.6 is 11.3 Å². The summed E-state index contributed by atoms with van der Waals surface area (Å²) in [5.74, 6) is 0. The maximum absolute atomic E-state index is 12.9. The molecule has 9 nitrogen and oxygen atoms in total. The number of nitrogens with two attached hydrogens (primary N) is 1. The molecule has 1 aromatic rings. The van der Waals surface area contributed by atoms with Crippen LogP contribution in [0.5, 0.6) is 0 Å². The zero-order chi connectivity index (χ0) is 19.5. The average molecular weight is 430 g/mol. The number of sulfone groups is 1. The summed E-state index contributed by atoms with van der Waals surface area (Å²) in [5.41, 5.74) is 0.259. The Morgan fingerprint density at radius 3 is 2.62 bits per heavy atom. The second-order valence-electron chi connectivity index (χ2n) is 5.64. The van der Waals surface area contributed by atoms with Crippen LogP contribution in [-0.2, 0) is 38.8 Å². The normalized spacial score (nSPS) is 23.5. The lowest BCUT2D eigenvalue weighted by atomic mass is 10.1. The second kappa shape index (κ2) is 8.61. The van der Waals surface area contributed by atoms with E-state index in [2.05, 4.69) is 0 Å². The minimum atomic E-state index is -4.04. The van der Waals surface area contributed by atoms with Crippen molar-refractivity contribution in [2.45, 2.75) is 46.0 Å². The number of rotatable bonds is 9. The lowest BCUT2D eigenvalue weighted by Crippen LogP contribution is -2.33. The van der Waals surface area contributed by atoms with E-state index in [1.54, 1.807) is 6.92 Å². The predicted molar refractivity (Wildman–Crippen MR) is 94.0 cm³/mol. The molecule has 0 amide bonds. The molecule has 0 saturated carbocycles. The Morgan fingerprint density at radius 1 is 1.38 bits per heavy atom. The van der Waals surface area contributed by atoms with Crippen molar-refractivity contribution in [3.63, 3.8) is 0 Å². The number of sulfonamides is 1. The van der Waals surface area contributed by atoms with Gasteiger partial charge < -0.3 is 18.9 Å². The van der Waals surface area contributed by atoms with Gasteiger partial charge in [0.25, 0.3) is 6.48 Å². The zero-order valence-electron chi connectivity index (χ0n) is 14.7. The summed E-state index contributed by atoms with van der Waals surface area (Å²) in [6, 6.07) is 1.25. The van der Waals surface area contributed by atoms with E-state index in [1.165, 1.54) is 20.3 Å². The molecule has 0 bridgehead atoms. The Bertz CT molecular complexity index is 817. The monoisotopic (exact) mass is 429 g/mol. The van der Waals surface area contributed by atoms with Crippen LogP contribution in [-0.4, -0.2) is 56.0 Å². The molecule has 2 rings (SSSR count). The standard InChI is InChI=1S/C14H23NO8S3/c1-4-22-14(21-3)23-11-7-9(5-6-20-2)25(16,17)13-10(11)8-12(24-13)26(15,18)19/h8-9,11,14H,4-7H2,1-3H3,(H2,15,18,19). The molecule has 1 aliphatic heterocycles. The van der Waals surface area contributed by atoms with Crippen molar-refractivity contribution in [3.05, 3.63) is 11.6 Å². The van der Waals surface area contributed by atoms with Crippen LogP contribution in [0.4, 0.5) is 0 Å². The highest BCUT2D eigenvalue weighted by Gasteiger charge is 2.42. The number of hydrogen-bond acceptors (Lipinski definition) is 9. The maximum Gasteiger partial charge on any atom is 0.271 e. The van der Waals surface area contributed by atoms with Gasteiger partial charge in [0.05, 0.1) is 11.4 Å². The van der Waals surface area contributed by atoms with Crippen LogP contribution in [0.15, 0.2) is 14.5 Å². The molecular formula is C14H23NO8S3. The van der Waals surface area contributed by atoms with Crippen molar-refractivity contribution in [2.75, 3.05) is 27.4 Å². The van der Waals surface area contributed by atoms with E-state index >= 15 is 0 Å². The van der Waals surface area contributed by atoms with E-state index in [-0.39, 0.29) is 33.4 Å². The van der Waals surface area contributed by atoms with Crippen molar-refractivity contribution in [2.24, 2.45) is 5.14 Å². The molecule has 0 radical (unpaired) electrons. The van der Waals surface area contributed by atoms with Gasteiger partial charge in [-0.3, -0.25) is 0 Å². The predicted octanol–water partition coefficient (Wildman–Crippen LogP) is 1.00. The number of ether oxygens (including phenoxy) is 4. The van der Waals surface area contributed by atoms with Gasteiger partial charge in [-0.2, -0.15) is 0 Å². The van der Waals surface area contributed by atoms with E-state index in [1.807, 2.05) is 0 Å². The highest BCUT2D eigenvalue weighted by atomic mass is 32.3. The van der Waals surface area contributed by atoms with Crippen LogP contribution in [0, 0.1) is 0 Å². The molecule has 3 atom stereocenters. The van der Waals surface area contributed by atoms with Crippen molar-refractivity contribution >= 4 is 31.2 Å². The smallest absolute Gasteiger partial charge is 0.271 e. The van der Waals surface area contributed by atoms with Gasteiger partial charge in [0.15, 0.2) is 9.84 Å². The Kier molecular flexibility index (Phi) is 7.18. The van der Waals surface area contributed by atoms with E-state index < -0.39 is 37.7 Å². The highest BCUT2D eigenvalue weighted by Crippen LogP contribution is 2.45. The average Bonchev–Trinajstić information content (AvgIpc) is 3.02. The van der Waals surface area contributed by atoms with Crippen LogP contribution in [0.3, 0.4) is 0 Å². The highest BCUT2D eigenvalue weighted by molar-refractivity contribution is 7.95. The lowest BCUT2D eigenvalue weighted by Gasteiger charge is -2.31. The topological polar surface area (TPSA) is 131 Å². The molecule has 2 heterocycles. The van der Waals surface area contributed by atoms with Gasteiger partial charge in [-0.1, -0.05) is 0 Å². The van der Waals surface area contributed by atoms with Crippen LogP contribution in [0.2, 0.25) is 0 Å². The van der Waals surface area contributed by atoms with Gasteiger partial charge in [-0.25, -0.2) is 22.0 Å². The molecule has 0 saturated heterocycles. The number of hydrogen-bond donors (Lipinski definition) is 1. The quantitative estimate of drug-likeness (QED) is 0.575. The van der Waals surface area contributed by atoms with E-state index in [9.17, 15) is 16.8 Å². The van der Waals surface area contributed by atoms with Crippen molar-refractivity contribution < 1.29 is 35.8 Å². The van der Waals surface area contributed by atoms with Gasteiger partial charge in [-0.05, 0) is 25.8 Å². The third-order valence-corrected chi connectivity index (χ3v) is 9.29. The van der Waals surface area contributed by atoms with Crippen molar-refractivity contribution in [1.29, 1.82) is 0 Å². The fourth-order valence-corrected chi connectivity index (χ4v) is 7.32. The van der Waals surface area contributed by atoms with Gasteiger partial charge >= 0.3 is 0 Å². The Labute approximate surface area is 157 Å². The molecule has 1 aromatic heterocycles. The van der Waals surface area contributed by atoms with Crippen molar-refractivity contribution in [3.8, 4) is 0 Å². The summed E-state index contributed by atoms with van der Waals surface area (Å²) in [5, 5.41) is 4.40. The van der Waals surface area contributed by atoms with Crippen LogP contribution < -0.4 is 5.14 Å². The number of thiophene rings is 1. The number of primary sulfonamides is 1. The summed E-state index contributed by atoms with van der Waals surface area (Å²) in [4.78, 5) is 0.